The number of rotatable bonds is 5. The molecule has 4 aromatic rings. The van der Waals surface area contributed by atoms with Gasteiger partial charge in [-0.2, -0.15) is 0 Å². The van der Waals surface area contributed by atoms with Crippen molar-refractivity contribution in [2.24, 2.45) is 0 Å². The molecule has 34 heavy (non-hydrogen) atoms. The summed E-state index contributed by atoms with van der Waals surface area (Å²) in [6, 6.07) is 18.5. The number of anilines is 1. The van der Waals surface area contributed by atoms with E-state index in [0.29, 0.717) is 24.5 Å². The molecule has 1 aromatic heterocycles. The van der Waals surface area contributed by atoms with Crippen LogP contribution in [0.25, 0.3) is 27.7 Å². The van der Waals surface area contributed by atoms with Crippen LogP contribution in [0.3, 0.4) is 0 Å². The topological polar surface area (TPSA) is 84.3 Å². The van der Waals surface area contributed by atoms with Gasteiger partial charge in [0.2, 0.25) is 0 Å². The summed E-state index contributed by atoms with van der Waals surface area (Å²) in [6.07, 6.45) is 3.03. The molecule has 1 aliphatic rings. The lowest BCUT2D eigenvalue weighted by Crippen LogP contribution is -2.17. The van der Waals surface area contributed by atoms with Gasteiger partial charge in [-0.3, -0.25) is 0 Å². The third-order valence-electron chi connectivity index (χ3n) is 6.59. The summed E-state index contributed by atoms with van der Waals surface area (Å²) < 4.78 is 21.7. The number of benzene rings is 3. The molecular formula is C27H27FN3O2P. The number of nitrogens with zero attached hydrogens (tertiary/aromatic N) is 1. The highest BCUT2D eigenvalue weighted by Gasteiger charge is 2.28. The summed E-state index contributed by atoms with van der Waals surface area (Å²) in [7, 11) is -1.18. The van der Waals surface area contributed by atoms with Crippen molar-refractivity contribution in [1.29, 1.82) is 5.41 Å². The minimum absolute atomic E-state index is 0.242. The summed E-state index contributed by atoms with van der Waals surface area (Å²) in [6.45, 7) is 3.19. The fourth-order valence-electron chi connectivity index (χ4n) is 4.88. The van der Waals surface area contributed by atoms with E-state index in [0.717, 1.165) is 51.6 Å². The number of ether oxygens (including phenoxy) is 1. The van der Waals surface area contributed by atoms with Gasteiger partial charge in [-0.15, -0.1) is 0 Å². The van der Waals surface area contributed by atoms with E-state index in [1.54, 1.807) is 12.1 Å². The smallest absolute Gasteiger partial charge is 0.123 e. The lowest BCUT2D eigenvalue weighted by atomic mass is 9.90. The zero-order valence-corrected chi connectivity index (χ0v) is 19.9. The van der Waals surface area contributed by atoms with Gasteiger partial charge in [0.25, 0.3) is 0 Å². The van der Waals surface area contributed by atoms with Crippen LogP contribution in [0.5, 0.6) is 0 Å². The van der Waals surface area contributed by atoms with Crippen molar-refractivity contribution in [2.45, 2.75) is 18.8 Å². The Kier molecular flexibility index (Phi) is 6.22. The van der Waals surface area contributed by atoms with Gasteiger partial charge in [-0.1, -0.05) is 24.3 Å². The molecular weight excluding hydrogens is 448 g/mol. The molecule has 0 bridgehead atoms. The Morgan fingerprint density at radius 2 is 1.76 bits per heavy atom. The molecule has 3 aromatic carbocycles. The van der Waals surface area contributed by atoms with Crippen molar-refractivity contribution in [2.75, 3.05) is 25.6 Å². The molecule has 174 valence electrons. The second-order valence-corrected chi connectivity index (χ2v) is 10.2. The van der Waals surface area contributed by atoms with Crippen molar-refractivity contribution >= 4 is 36.3 Å². The van der Waals surface area contributed by atoms with E-state index in [9.17, 15) is 9.28 Å². The fraction of sp³-hybridized carbons (Fsp3) is 0.222. The molecule has 4 N–H and O–H groups in total. The maximum Gasteiger partial charge on any atom is 0.123 e. The standard InChI is InChI=1S/C27H27FN3O2P/c1-34(32)22-8-2-17(3-9-22)26-23-15-24(30)19(16-29)14-25(23)31(21-6-4-20(28)5-7-21)27(26)18-10-12-33-13-11-18/h2-9,14-16,18,29,32H,10-13,30H2,1H3. The molecule has 1 aliphatic heterocycles. The highest BCUT2D eigenvalue weighted by Crippen LogP contribution is 2.44. The van der Waals surface area contributed by atoms with Crippen LogP contribution in [-0.4, -0.2) is 35.6 Å². The Labute approximate surface area is 199 Å². The number of hydrogen-bond acceptors (Lipinski definition) is 4. The molecule has 5 rings (SSSR count). The largest absolute Gasteiger partial charge is 0.398 e. The predicted octanol–water partition coefficient (Wildman–Crippen LogP) is 5.55. The Morgan fingerprint density at radius 3 is 2.38 bits per heavy atom. The zero-order valence-electron chi connectivity index (χ0n) is 19.0. The third kappa shape index (κ3) is 4.03. The van der Waals surface area contributed by atoms with Gasteiger partial charge in [0.05, 0.1) is 13.7 Å². The first-order chi connectivity index (χ1) is 16.5. The molecule has 1 fully saturated rings. The van der Waals surface area contributed by atoms with Crippen LogP contribution in [-0.2, 0) is 4.74 Å². The monoisotopic (exact) mass is 475 g/mol. The van der Waals surface area contributed by atoms with Gasteiger partial charge in [-0.05, 0) is 61.5 Å². The molecule has 0 amide bonds. The lowest BCUT2D eigenvalue weighted by Gasteiger charge is -2.26. The van der Waals surface area contributed by atoms with E-state index in [2.05, 4.69) is 16.7 Å². The van der Waals surface area contributed by atoms with E-state index >= 15 is 0 Å². The molecule has 2 heterocycles. The fourth-order valence-corrected chi connectivity index (χ4v) is 5.46. The first-order valence-electron chi connectivity index (χ1n) is 11.3. The van der Waals surface area contributed by atoms with Crippen molar-refractivity contribution in [3.05, 3.63) is 77.7 Å². The summed E-state index contributed by atoms with van der Waals surface area (Å²) in [5, 5.41) is 9.75. The minimum Gasteiger partial charge on any atom is -0.398 e. The number of nitrogen functional groups attached to an aromatic ring is 1. The summed E-state index contributed by atoms with van der Waals surface area (Å²) in [5.74, 6) is -0.0418. The molecule has 0 spiro atoms. The van der Waals surface area contributed by atoms with Crippen LogP contribution < -0.4 is 11.0 Å². The summed E-state index contributed by atoms with van der Waals surface area (Å²) >= 11 is 0. The Bertz CT molecular complexity index is 1340. The molecule has 0 saturated carbocycles. The third-order valence-corrected chi connectivity index (χ3v) is 7.63. The molecule has 1 atom stereocenters. The lowest BCUT2D eigenvalue weighted by molar-refractivity contribution is 0.0843. The molecule has 1 saturated heterocycles. The summed E-state index contributed by atoms with van der Waals surface area (Å²) in [4.78, 5) is 10.1. The first-order valence-corrected chi connectivity index (χ1v) is 13.1. The highest BCUT2D eigenvalue weighted by atomic mass is 31.1. The minimum atomic E-state index is -1.18. The number of nitrogens with one attached hydrogen (secondary N) is 1. The zero-order chi connectivity index (χ0) is 23.8. The van der Waals surface area contributed by atoms with E-state index in [-0.39, 0.29) is 11.7 Å². The highest BCUT2D eigenvalue weighted by molar-refractivity contribution is 7.59. The maximum atomic E-state index is 13.8. The predicted molar refractivity (Wildman–Crippen MR) is 138 cm³/mol. The van der Waals surface area contributed by atoms with Gasteiger partial charge in [0.1, 0.15) is 5.82 Å². The van der Waals surface area contributed by atoms with Crippen LogP contribution in [0.2, 0.25) is 0 Å². The SMILES string of the molecule is CP(O)c1ccc(-c2c(C3CCOCC3)n(-c3ccc(F)cc3)c3cc(C=N)c(N)cc23)cc1. The van der Waals surface area contributed by atoms with Crippen LogP contribution in [0, 0.1) is 11.2 Å². The second-order valence-electron chi connectivity index (χ2n) is 8.67. The van der Waals surface area contributed by atoms with Crippen molar-refractivity contribution in [1.82, 2.24) is 4.57 Å². The summed E-state index contributed by atoms with van der Waals surface area (Å²) in [5.41, 5.74) is 12.6. The van der Waals surface area contributed by atoms with Gasteiger partial charge < -0.3 is 25.3 Å². The number of hydrogen-bond donors (Lipinski definition) is 3. The molecule has 7 heteroatoms. The van der Waals surface area contributed by atoms with Gasteiger partial charge in [-0.25, -0.2) is 4.39 Å². The number of nitrogens with two attached hydrogens (primary N) is 1. The Morgan fingerprint density at radius 1 is 1.09 bits per heavy atom. The van der Waals surface area contributed by atoms with E-state index in [1.807, 2.05) is 30.9 Å². The molecule has 0 aliphatic carbocycles. The van der Waals surface area contributed by atoms with Crippen LogP contribution in [0.15, 0.2) is 60.7 Å². The molecule has 5 nitrogen and oxygen atoms in total. The van der Waals surface area contributed by atoms with Gasteiger partial charge in [0, 0.05) is 64.2 Å². The van der Waals surface area contributed by atoms with Crippen molar-refractivity contribution < 1.29 is 14.0 Å². The average molecular weight is 476 g/mol. The van der Waals surface area contributed by atoms with Crippen LogP contribution in [0.1, 0.15) is 30.0 Å². The van der Waals surface area contributed by atoms with E-state index in [1.165, 1.54) is 18.3 Å². The number of aromatic nitrogens is 1. The number of fused-ring (bicyclic) bond motifs is 1. The van der Waals surface area contributed by atoms with Gasteiger partial charge in [0.15, 0.2) is 0 Å². The second kappa shape index (κ2) is 9.30. The van der Waals surface area contributed by atoms with E-state index < -0.39 is 8.15 Å². The van der Waals surface area contributed by atoms with Crippen LogP contribution in [0.4, 0.5) is 10.1 Å². The normalized spacial score (nSPS) is 15.5. The van der Waals surface area contributed by atoms with Gasteiger partial charge >= 0.3 is 0 Å². The first kappa shape index (κ1) is 22.7. The van der Waals surface area contributed by atoms with Crippen molar-refractivity contribution in [3.63, 3.8) is 0 Å². The average Bonchev–Trinajstić information content (AvgIpc) is 3.18. The number of halogens is 1. The Balaban J connectivity index is 1.87. The molecule has 1 unspecified atom stereocenters. The molecule has 0 radical (unpaired) electrons. The Hall–Kier alpha value is -3.05. The van der Waals surface area contributed by atoms with Crippen LogP contribution >= 0.6 is 8.15 Å². The van der Waals surface area contributed by atoms with E-state index in [4.69, 9.17) is 15.9 Å². The quantitative estimate of drug-likeness (QED) is 0.201. The van der Waals surface area contributed by atoms with Crippen molar-refractivity contribution in [3.8, 4) is 16.8 Å². The maximum absolute atomic E-state index is 13.8.